The summed E-state index contributed by atoms with van der Waals surface area (Å²) in [7, 11) is 0. The van der Waals surface area contributed by atoms with E-state index in [4.69, 9.17) is 4.74 Å². The molecule has 2 heterocycles. The number of nitrogens with zero attached hydrogens (tertiary/aromatic N) is 1. The smallest absolute Gasteiger partial charge is 0.127 e. The van der Waals surface area contributed by atoms with E-state index in [1.165, 1.54) is 4.88 Å². The van der Waals surface area contributed by atoms with Gasteiger partial charge >= 0.3 is 0 Å². The van der Waals surface area contributed by atoms with Gasteiger partial charge in [0, 0.05) is 41.0 Å². The monoisotopic (exact) mass is 276 g/mol. The fourth-order valence-corrected chi connectivity index (χ4v) is 2.30. The zero-order valence-corrected chi connectivity index (χ0v) is 12.5. The number of thiophene rings is 1. The van der Waals surface area contributed by atoms with Crippen molar-refractivity contribution in [3.63, 3.8) is 0 Å². The van der Waals surface area contributed by atoms with Crippen LogP contribution in [0.1, 0.15) is 30.0 Å². The zero-order chi connectivity index (χ0) is 13.7. The molecule has 2 aromatic rings. The molecule has 102 valence electrons. The highest BCUT2D eigenvalue weighted by atomic mass is 32.1. The van der Waals surface area contributed by atoms with Crippen LogP contribution in [0.15, 0.2) is 29.8 Å². The maximum absolute atomic E-state index is 5.93. The lowest BCUT2D eigenvalue weighted by molar-refractivity contribution is 0.304. The fourth-order valence-electron chi connectivity index (χ4n) is 1.69. The van der Waals surface area contributed by atoms with Gasteiger partial charge in [0.05, 0.1) is 0 Å². The van der Waals surface area contributed by atoms with E-state index >= 15 is 0 Å². The Kier molecular flexibility index (Phi) is 4.93. The molecule has 0 spiro atoms. The van der Waals surface area contributed by atoms with Crippen LogP contribution in [-0.2, 0) is 13.2 Å². The van der Waals surface area contributed by atoms with Crippen LogP contribution in [0.3, 0.4) is 0 Å². The Hall–Kier alpha value is -1.39. The number of nitrogens with one attached hydrogen (secondary N) is 1. The first-order valence-corrected chi connectivity index (χ1v) is 7.37. The Bertz CT molecular complexity index is 509. The number of hydrogen-bond acceptors (Lipinski definition) is 4. The predicted molar refractivity (Wildman–Crippen MR) is 79.6 cm³/mol. The van der Waals surface area contributed by atoms with E-state index in [1.807, 2.05) is 25.3 Å². The van der Waals surface area contributed by atoms with Crippen LogP contribution in [0.2, 0.25) is 0 Å². The van der Waals surface area contributed by atoms with Crippen LogP contribution in [-0.4, -0.2) is 11.0 Å². The molecule has 2 aromatic heterocycles. The lowest BCUT2D eigenvalue weighted by atomic mass is 10.2. The van der Waals surface area contributed by atoms with Crippen LogP contribution in [0.5, 0.6) is 5.75 Å². The average Bonchev–Trinajstić information content (AvgIpc) is 2.88. The summed E-state index contributed by atoms with van der Waals surface area (Å²) in [6.45, 7) is 7.65. The van der Waals surface area contributed by atoms with Gasteiger partial charge in [0.15, 0.2) is 0 Å². The molecule has 2 rings (SSSR count). The number of aromatic nitrogens is 1. The maximum atomic E-state index is 5.93. The molecule has 0 aliphatic heterocycles. The molecule has 19 heavy (non-hydrogen) atoms. The molecular weight excluding hydrogens is 256 g/mol. The molecule has 0 bridgehead atoms. The van der Waals surface area contributed by atoms with Gasteiger partial charge in [0.1, 0.15) is 12.4 Å². The third-order valence-corrected chi connectivity index (χ3v) is 3.58. The van der Waals surface area contributed by atoms with Crippen LogP contribution >= 0.6 is 11.3 Å². The highest BCUT2D eigenvalue weighted by molar-refractivity contribution is 7.09. The van der Waals surface area contributed by atoms with Crippen LogP contribution < -0.4 is 10.1 Å². The molecule has 0 atom stereocenters. The van der Waals surface area contributed by atoms with Gasteiger partial charge in [-0.05, 0) is 18.4 Å². The number of pyridine rings is 1. The van der Waals surface area contributed by atoms with Gasteiger partial charge in [-0.25, -0.2) is 0 Å². The zero-order valence-electron chi connectivity index (χ0n) is 11.6. The van der Waals surface area contributed by atoms with E-state index in [1.54, 1.807) is 11.3 Å². The Balaban J connectivity index is 2.06. The molecular formula is C15H20N2OS. The Morgan fingerprint density at radius 3 is 2.95 bits per heavy atom. The molecule has 0 aliphatic carbocycles. The van der Waals surface area contributed by atoms with Gasteiger partial charge in [-0.15, -0.1) is 11.3 Å². The van der Waals surface area contributed by atoms with E-state index in [2.05, 4.69) is 35.6 Å². The maximum Gasteiger partial charge on any atom is 0.127 e. The topological polar surface area (TPSA) is 34.1 Å². The summed E-state index contributed by atoms with van der Waals surface area (Å²) in [5, 5.41) is 5.46. The first-order valence-electron chi connectivity index (χ1n) is 6.49. The summed E-state index contributed by atoms with van der Waals surface area (Å²) < 4.78 is 5.93. The van der Waals surface area contributed by atoms with E-state index in [0.717, 1.165) is 23.6 Å². The average molecular weight is 276 g/mol. The molecule has 4 heteroatoms. The normalized spacial score (nSPS) is 10.9. The third kappa shape index (κ3) is 4.33. The number of hydrogen-bond donors (Lipinski definition) is 1. The van der Waals surface area contributed by atoms with Crippen LogP contribution in [0.25, 0.3) is 0 Å². The van der Waals surface area contributed by atoms with E-state index in [9.17, 15) is 0 Å². The van der Waals surface area contributed by atoms with Crippen molar-refractivity contribution in [2.75, 3.05) is 0 Å². The minimum atomic E-state index is 0.450. The Morgan fingerprint density at radius 2 is 2.26 bits per heavy atom. The molecule has 0 saturated heterocycles. The summed E-state index contributed by atoms with van der Waals surface area (Å²) in [6, 6.07) is 6.59. The quantitative estimate of drug-likeness (QED) is 0.876. The standard InChI is InChI=1S/C15H20N2OS/c1-11(2)16-8-13-9-17-12(3)7-15(13)18-10-14-5-4-6-19-14/h4-7,9,11,16H,8,10H2,1-3H3. The molecule has 0 aliphatic rings. The molecule has 0 saturated carbocycles. The van der Waals surface area contributed by atoms with Gasteiger partial charge in [-0.3, -0.25) is 4.98 Å². The van der Waals surface area contributed by atoms with Crippen LogP contribution in [0, 0.1) is 6.92 Å². The van der Waals surface area contributed by atoms with Crippen molar-refractivity contribution in [1.82, 2.24) is 10.3 Å². The number of ether oxygens (including phenoxy) is 1. The molecule has 0 radical (unpaired) electrons. The van der Waals surface area contributed by atoms with E-state index < -0.39 is 0 Å². The minimum absolute atomic E-state index is 0.450. The number of aryl methyl sites for hydroxylation is 1. The van der Waals surface area contributed by atoms with Gasteiger partial charge in [-0.2, -0.15) is 0 Å². The molecule has 3 nitrogen and oxygen atoms in total. The SMILES string of the molecule is Cc1cc(OCc2cccs2)c(CNC(C)C)cn1. The highest BCUT2D eigenvalue weighted by Gasteiger charge is 2.06. The predicted octanol–water partition coefficient (Wildman–Crippen LogP) is 3.53. The summed E-state index contributed by atoms with van der Waals surface area (Å²) in [5.41, 5.74) is 2.09. The van der Waals surface area contributed by atoms with Crippen molar-refractivity contribution in [2.24, 2.45) is 0 Å². The summed E-state index contributed by atoms with van der Waals surface area (Å²) in [5.74, 6) is 0.925. The first kappa shape index (κ1) is 14.0. The van der Waals surface area contributed by atoms with Gasteiger partial charge in [0.25, 0.3) is 0 Å². The van der Waals surface area contributed by atoms with Crippen molar-refractivity contribution in [2.45, 2.75) is 40.0 Å². The largest absolute Gasteiger partial charge is 0.488 e. The molecule has 0 fully saturated rings. The van der Waals surface area contributed by atoms with Gasteiger partial charge < -0.3 is 10.1 Å². The molecule has 0 unspecified atom stereocenters. The lowest BCUT2D eigenvalue weighted by Gasteiger charge is -2.13. The first-order chi connectivity index (χ1) is 9.15. The van der Waals surface area contributed by atoms with Crippen molar-refractivity contribution in [3.8, 4) is 5.75 Å². The Morgan fingerprint density at radius 1 is 1.42 bits per heavy atom. The number of rotatable bonds is 6. The van der Waals surface area contributed by atoms with Crippen molar-refractivity contribution in [1.29, 1.82) is 0 Å². The summed E-state index contributed by atoms with van der Waals surface area (Å²) in [4.78, 5) is 5.58. The second-order valence-electron chi connectivity index (χ2n) is 4.84. The summed E-state index contributed by atoms with van der Waals surface area (Å²) >= 11 is 1.71. The molecule has 1 N–H and O–H groups in total. The summed E-state index contributed by atoms with van der Waals surface area (Å²) in [6.07, 6.45) is 1.90. The van der Waals surface area contributed by atoms with E-state index in [0.29, 0.717) is 12.6 Å². The van der Waals surface area contributed by atoms with Crippen molar-refractivity contribution in [3.05, 3.63) is 45.9 Å². The second-order valence-corrected chi connectivity index (χ2v) is 5.87. The Labute approximate surface area is 118 Å². The molecule has 0 aromatic carbocycles. The van der Waals surface area contributed by atoms with Crippen LogP contribution in [0.4, 0.5) is 0 Å². The molecule has 0 amide bonds. The van der Waals surface area contributed by atoms with Gasteiger partial charge in [-0.1, -0.05) is 19.9 Å². The van der Waals surface area contributed by atoms with Gasteiger partial charge in [0.2, 0.25) is 0 Å². The van der Waals surface area contributed by atoms with E-state index in [-0.39, 0.29) is 0 Å². The lowest BCUT2D eigenvalue weighted by Crippen LogP contribution is -2.22. The van der Waals surface area contributed by atoms with Crippen molar-refractivity contribution < 1.29 is 4.74 Å². The third-order valence-electron chi connectivity index (χ3n) is 2.73. The minimum Gasteiger partial charge on any atom is -0.488 e. The second kappa shape index (κ2) is 6.68. The van der Waals surface area contributed by atoms with Crippen molar-refractivity contribution >= 4 is 11.3 Å². The highest BCUT2D eigenvalue weighted by Crippen LogP contribution is 2.21. The fraction of sp³-hybridized carbons (Fsp3) is 0.400.